The first-order valence-corrected chi connectivity index (χ1v) is 10.6. The number of hydrogen-bond donors (Lipinski definition) is 3. The maximum absolute atomic E-state index is 12.1. The molecule has 0 aliphatic carbocycles. The molecule has 0 aromatic carbocycles. The molecule has 12 heteroatoms. The summed E-state index contributed by atoms with van der Waals surface area (Å²) in [7, 11) is -3.48. The lowest BCUT2D eigenvalue weighted by Crippen LogP contribution is -2.26. The van der Waals surface area contributed by atoms with Crippen LogP contribution >= 0.6 is 0 Å². The van der Waals surface area contributed by atoms with Crippen LogP contribution in [0.25, 0.3) is 5.76 Å². The van der Waals surface area contributed by atoms with Gasteiger partial charge in [-0.3, -0.25) is 14.5 Å². The van der Waals surface area contributed by atoms with Crippen LogP contribution in [0.1, 0.15) is 32.2 Å². The second-order valence-corrected chi connectivity index (χ2v) is 9.30. The molecule has 0 spiro atoms. The van der Waals surface area contributed by atoms with E-state index in [9.17, 15) is 23.1 Å². The molecule has 0 amide bonds. The zero-order valence-corrected chi connectivity index (χ0v) is 18.1. The van der Waals surface area contributed by atoms with Gasteiger partial charge < -0.3 is 14.6 Å². The first-order valence-electron chi connectivity index (χ1n) is 8.70. The van der Waals surface area contributed by atoms with Gasteiger partial charge in [-0.2, -0.15) is 0 Å². The number of aromatic hydroxyl groups is 1. The summed E-state index contributed by atoms with van der Waals surface area (Å²) in [5.41, 5.74) is -1.26. The number of ether oxygens (including phenoxy) is 2. The minimum Gasteiger partial charge on any atom is -0.493 e. The molecule has 0 aliphatic rings. The van der Waals surface area contributed by atoms with Crippen LogP contribution in [0, 0.1) is 12.3 Å². The quantitative estimate of drug-likeness (QED) is 0.433. The summed E-state index contributed by atoms with van der Waals surface area (Å²) in [4.78, 5) is 30.4. The Kier molecular flexibility index (Phi) is 6.30. The Balaban J connectivity index is 2.18. The van der Waals surface area contributed by atoms with Gasteiger partial charge in [-0.1, -0.05) is 6.58 Å². The Morgan fingerprint density at radius 3 is 2.53 bits per heavy atom. The van der Waals surface area contributed by atoms with E-state index in [0.29, 0.717) is 5.69 Å². The molecule has 2 aromatic rings. The van der Waals surface area contributed by atoms with E-state index in [4.69, 9.17) is 9.47 Å². The van der Waals surface area contributed by atoms with Crippen LogP contribution in [-0.4, -0.2) is 40.3 Å². The number of carbonyl (C=O) groups excluding carboxylic acids is 1. The van der Waals surface area contributed by atoms with Crippen molar-refractivity contribution >= 4 is 27.6 Å². The highest BCUT2D eigenvalue weighted by molar-refractivity contribution is 7.92. The maximum atomic E-state index is 12.1. The van der Waals surface area contributed by atoms with Crippen LogP contribution in [0.15, 0.2) is 23.5 Å². The van der Waals surface area contributed by atoms with Crippen molar-refractivity contribution in [2.45, 2.75) is 34.4 Å². The van der Waals surface area contributed by atoms with E-state index in [2.05, 4.69) is 21.3 Å². The molecule has 0 saturated heterocycles. The van der Waals surface area contributed by atoms with Crippen LogP contribution in [-0.2, 0) is 26.3 Å². The van der Waals surface area contributed by atoms with Gasteiger partial charge in [0.1, 0.15) is 23.0 Å². The number of anilines is 1. The molecule has 3 N–H and O–H groups in total. The minimum absolute atomic E-state index is 0.0979. The molecule has 2 heterocycles. The highest BCUT2D eigenvalue weighted by atomic mass is 32.2. The van der Waals surface area contributed by atoms with Crippen LogP contribution in [0.2, 0.25) is 0 Å². The Morgan fingerprint density at radius 2 is 2.00 bits per heavy atom. The third-order valence-corrected chi connectivity index (χ3v) is 4.31. The topological polar surface area (TPSA) is 153 Å². The van der Waals surface area contributed by atoms with Crippen LogP contribution in [0.4, 0.5) is 5.82 Å². The van der Waals surface area contributed by atoms with E-state index < -0.39 is 39.7 Å². The Bertz CT molecular complexity index is 1140. The number of esters is 1. The summed E-state index contributed by atoms with van der Waals surface area (Å²) < 4.78 is 36.2. The van der Waals surface area contributed by atoms with Crippen LogP contribution in [0.5, 0.6) is 11.6 Å². The summed E-state index contributed by atoms with van der Waals surface area (Å²) in [5.74, 6) is -0.828. The second kappa shape index (κ2) is 8.22. The SMILES string of the molecule is C=C(Oc1ccc(NS(C)(=O)=O)nc1C)c1[nH]c(=O)n(COC(=O)C(C)(C)C)c1O. The number of H-pyrrole nitrogens is 1. The first kappa shape index (κ1) is 23.0. The average Bonchev–Trinajstić information content (AvgIpc) is 2.87. The number of nitrogens with one attached hydrogen (secondary N) is 2. The van der Waals surface area contributed by atoms with Crippen LogP contribution in [0.3, 0.4) is 0 Å². The maximum Gasteiger partial charge on any atom is 0.331 e. The third-order valence-electron chi connectivity index (χ3n) is 3.73. The third kappa shape index (κ3) is 5.63. The van der Waals surface area contributed by atoms with Gasteiger partial charge in [0, 0.05) is 0 Å². The second-order valence-electron chi connectivity index (χ2n) is 7.55. The highest BCUT2D eigenvalue weighted by Gasteiger charge is 2.25. The zero-order chi connectivity index (χ0) is 22.9. The standard InChI is InChI=1S/C18H24N4O7S/c1-10-12(7-8-13(19-10)21-30(6,26)27)29-11(2)14-15(23)22(17(25)20-14)9-28-16(24)18(3,4)5/h7-8,23H,2,9H2,1,3-6H3,(H,19,21)(H,20,25). The summed E-state index contributed by atoms with van der Waals surface area (Å²) in [6, 6.07) is 2.84. The minimum atomic E-state index is -3.48. The van der Waals surface area contributed by atoms with Gasteiger partial charge >= 0.3 is 11.7 Å². The molecule has 0 fully saturated rings. The van der Waals surface area contributed by atoms with Crippen molar-refractivity contribution in [2.24, 2.45) is 5.41 Å². The number of carbonyl (C=O) groups is 1. The molecule has 0 unspecified atom stereocenters. The molecule has 0 atom stereocenters. The molecular formula is C18H24N4O7S. The van der Waals surface area contributed by atoms with Crippen molar-refractivity contribution in [3.63, 3.8) is 0 Å². The molecule has 30 heavy (non-hydrogen) atoms. The lowest BCUT2D eigenvalue weighted by Gasteiger charge is -2.16. The fraction of sp³-hybridized carbons (Fsp3) is 0.389. The van der Waals surface area contributed by atoms with Crippen molar-refractivity contribution in [3.05, 3.63) is 40.6 Å². The van der Waals surface area contributed by atoms with E-state index in [1.807, 2.05) is 0 Å². The van der Waals surface area contributed by atoms with Crippen molar-refractivity contribution in [3.8, 4) is 11.6 Å². The van der Waals surface area contributed by atoms with Crippen molar-refractivity contribution in [1.29, 1.82) is 0 Å². The molecule has 2 aromatic heterocycles. The van der Waals surface area contributed by atoms with Gasteiger partial charge in [-0.15, -0.1) is 0 Å². The van der Waals surface area contributed by atoms with Gasteiger partial charge in [-0.25, -0.2) is 22.8 Å². The Hall–Kier alpha value is -3.28. The number of rotatable bonds is 7. The normalized spacial score (nSPS) is 11.8. The van der Waals surface area contributed by atoms with Crippen molar-refractivity contribution in [2.75, 3.05) is 11.0 Å². The highest BCUT2D eigenvalue weighted by Crippen LogP contribution is 2.27. The van der Waals surface area contributed by atoms with E-state index in [1.54, 1.807) is 27.7 Å². The average molecular weight is 440 g/mol. The Morgan fingerprint density at radius 1 is 1.37 bits per heavy atom. The fourth-order valence-corrected chi connectivity index (χ4v) is 2.70. The Labute approximate surface area is 173 Å². The molecule has 0 aliphatic heterocycles. The van der Waals surface area contributed by atoms with Gasteiger partial charge in [0.05, 0.1) is 17.4 Å². The fourth-order valence-electron chi connectivity index (χ4n) is 2.20. The number of aromatic amines is 1. The zero-order valence-electron chi connectivity index (χ0n) is 17.3. The van der Waals surface area contributed by atoms with Gasteiger partial charge in [0.2, 0.25) is 15.9 Å². The number of pyridine rings is 1. The predicted octanol–water partition coefficient (Wildman–Crippen LogP) is 1.55. The summed E-state index contributed by atoms with van der Waals surface area (Å²) in [5, 5.41) is 10.3. The van der Waals surface area contributed by atoms with Gasteiger partial charge in [0.15, 0.2) is 6.73 Å². The molecule has 11 nitrogen and oxygen atoms in total. The summed E-state index contributed by atoms with van der Waals surface area (Å²) >= 11 is 0. The van der Waals surface area contributed by atoms with E-state index in [0.717, 1.165) is 10.8 Å². The van der Waals surface area contributed by atoms with Crippen molar-refractivity contribution in [1.82, 2.24) is 14.5 Å². The molecular weight excluding hydrogens is 416 g/mol. The molecule has 164 valence electrons. The molecule has 0 bridgehead atoms. The van der Waals surface area contributed by atoms with Crippen LogP contribution < -0.4 is 15.1 Å². The van der Waals surface area contributed by atoms with E-state index >= 15 is 0 Å². The lowest BCUT2D eigenvalue weighted by molar-refractivity contribution is -0.157. The number of nitrogens with zero attached hydrogens (tertiary/aromatic N) is 2. The van der Waals surface area contributed by atoms with Crippen molar-refractivity contribution < 1.29 is 27.8 Å². The lowest BCUT2D eigenvalue weighted by atomic mass is 9.98. The summed E-state index contributed by atoms with van der Waals surface area (Å²) in [6.07, 6.45) is 0.999. The summed E-state index contributed by atoms with van der Waals surface area (Å²) in [6.45, 7) is 9.74. The molecule has 0 saturated carbocycles. The number of aromatic nitrogens is 3. The van der Waals surface area contributed by atoms with Gasteiger partial charge in [-0.05, 0) is 39.8 Å². The number of hydrogen-bond acceptors (Lipinski definition) is 8. The van der Waals surface area contributed by atoms with E-state index in [1.165, 1.54) is 12.1 Å². The largest absolute Gasteiger partial charge is 0.493 e. The smallest absolute Gasteiger partial charge is 0.331 e. The number of aryl methyl sites for hydroxylation is 1. The molecule has 0 radical (unpaired) electrons. The predicted molar refractivity (Wildman–Crippen MR) is 109 cm³/mol. The molecule has 2 rings (SSSR count). The van der Waals surface area contributed by atoms with Gasteiger partial charge in [0.25, 0.3) is 0 Å². The first-order chi connectivity index (χ1) is 13.7. The van der Waals surface area contributed by atoms with E-state index in [-0.39, 0.29) is 23.0 Å². The monoisotopic (exact) mass is 440 g/mol. The number of imidazole rings is 1. The number of sulfonamides is 1.